The van der Waals surface area contributed by atoms with E-state index in [-0.39, 0.29) is 12.4 Å². The third-order valence-electron chi connectivity index (χ3n) is 4.06. The van der Waals surface area contributed by atoms with Gasteiger partial charge in [-0.1, -0.05) is 29.4 Å². The third kappa shape index (κ3) is 5.13. The van der Waals surface area contributed by atoms with Gasteiger partial charge in [0.05, 0.1) is 11.8 Å². The highest BCUT2D eigenvalue weighted by atomic mass is 35.5. The first-order valence-corrected chi connectivity index (χ1v) is 10.0. The molecule has 1 heterocycles. The fourth-order valence-corrected chi connectivity index (χ4v) is 3.44. The molecule has 0 spiro atoms. The summed E-state index contributed by atoms with van der Waals surface area (Å²) in [6.45, 7) is 3.59. The van der Waals surface area contributed by atoms with Crippen molar-refractivity contribution in [2.24, 2.45) is 0 Å². The molecule has 1 aromatic heterocycles. The molecule has 8 heteroatoms. The molecule has 6 nitrogen and oxygen atoms in total. The van der Waals surface area contributed by atoms with Crippen molar-refractivity contribution in [3.05, 3.63) is 64.9 Å². The molecule has 2 aromatic carbocycles. The van der Waals surface area contributed by atoms with Gasteiger partial charge in [-0.15, -0.1) is 10.2 Å². The van der Waals surface area contributed by atoms with E-state index in [2.05, 4.69) is 10.2 Å². The van der Waals surface area contributed by atoms with E-state index in [1.165, 1.54) is 18.7 Å². The summed E-state index contributed by atoms with van der Waals surface area (Å²) in [6.07, 6.45) is 0.923. The lowest BCUT2D eigenvalue weighted by molar-refractivity contribution is 0.101. The van der Waals surface area contributed by atoms with Gasteiger partial charge in [-0.05, 0) is 55.8 Å². The zero-order valence-corrected chi connectivity index (χ0v) is 17.1. The van der Waals surface area contributed by atoms with E-state index in [9.17, 15) is 9.90 Å². The van der Waals surface area contributed by atoms with Crippen LogP contribution in [0.5, 0.6) is 5.75 Å². The lowest BCUT2D eigenvalue weighted by atomic mass is 10.1. The minimum Gasteiger partial charge on any atom is -0.491 e. The zero-order valence-electron chi connectivity index (χ0n) is 15.5. The normalized spacial score (nSPS) is 12.0. The summed E-state index contributed by atoms with van der Waals surface area (Å²) < 4.78 is 7.40. The summed E-state index contributed by atoms with van der Waals surface area (Å²) in [5, 5.41) is 19.6. The summed E-state index contributed by atoms with van der Waals surface area (Å²) in [7, 11) is 0. The van der Waals surface area contributed by atoms with Crippen LogP contribution in [0.2, 0.25) is 5.02 Å². The van der Waals surface area contributed by atoms with Gasteiger partial charge in [0.2, 0.25) is 0 Å². The molecule has 0 saturated heterocycles. The van der Waals surface area contributed by atoms with Crippen molar-refractivity contribution < 1.29 is 14.6 Å². The molecule has 0 aliphatic rings. The first-order valence-electron chi connectivity index (χ1n) is 8.65. The topological polar surface area (TPSA) is 77.2 Å². The van der Waals surface area contributed by atoms with Crippen LogP contribution in [-0.4, -0.2) is 44.1 Å². The van der Waals surface area contributed by atoms with E-state index < -0.39 is 6.10 Å². The molecule has 0 aliphatic heterocycles. The standard InChI is InChI=1S/C20H20ClN3O3S/c1-13-3-6-16(9-19(13)21)24-12-22-23-20(24)28-11-17(26)10-27-18-7-4-15(5-8-18)14(2)25/h3-9,12,17,26H,10-11H2,1-2H3. The number of aryl methyl sites for hydroxylation is 1. The molecule has 3 rings (SSSR count). The largest absolute Gasteiger partial charge is 0.491 e. The van der Waals surface area contributed by atoms with E-state index in [1.807, 2.05) is 29.7 Å². The number of aliphatic hydroxyl groups is 1. The molecule has 28 heavy (non-hydrogen) atoms. The number of thioether (sulfide) groups is 1. The highest BCUT2D eigenvalue weighted by Crippen LogP contribution is 2.24. The van der Waals surface area contributed by atoms with Crippen molar-refractivity contribution in [3.8, 4) is 11.4 Å². The number of carbonyl (C=O) groups is 1. The van der Waals surface area contributed by atoms with Crippen LogP contribution in [0, 0.1) is 6.92 Å². The van der Waals surface area contributed by atoms with Gasteiger partial charge in [0.25, 0.3) is 0 Å². The Morgan fingerprint density at radius 2 is 2.04 bits per heavy atom. The second-order valence-corrected chi connectivity index (χ2v) is 7.67. The highest BCUT2D eigenvalue weighted by molar-refractivity contribution is 7.99. The Morgan fingerprint density at radius 3 is 2.71 bits per heavy atom. The Morgan fingerprint density at radius 1 is 1.29 bits per heavy atom. The van der Waals surface area contributed by atoms with Gasteiger partial charge < -0.3 is 9.84 Å². The maximum absolute atomic E-state index is 11.3. The van der Waals surface area contributed by atoms with Crippen molar-refractivity contribution in [1.29, 1.82) is 0 Å². The lowest BCUT2D eigenvalue weighted by Crippen LogP contribution is -2.20. The van der Waals surface area contributed by atoms with Crippen molar-refractivity contribution in [2.45, 2.75) is 25.1 Å². The van der Waals surface area contributed by atoms with Gasteiger partial charge in [0, 0.05) is 16.3 Å². The number of hydrogen-bond acceptors (Lipinski definition) is 6. The van der Waals surface area contributed by atoms with Crippen LogP contribution in [0.4, 0.5) is 0 Å². The Labute approximate surface area is 172 Å². The fraction of sp³-hybridized carbons (Fsp3) is 0.250. The number of halogens is 1. The second-order valence-electron chi connectivity index (χ2n) is 6.27. The number of benzene rings is 2. The van der Waals surface area contributed by atoms with Gasteiger partial charge in [0.1, 0.15) is 18.7 Å². The summed E-state index contributed by atoms with van der Waals surface area (Å²) in [5.74, 6) is 0.998. The average Bonchev–Trinajstić information content (AvgIpc) is 3.16. The lowest BCUT2D eigenvalue weighted by Gasteiger charge is -2.13. The van der Waals surface area contributed by atoms with Crippen LogP contribution >= 0.6 is 23.4 Å². The number of rotatable bonds is 8. The molecule has 0 radical (unpaired) electrons. The predicted octanol–water partition coefficient (Wildman–Crippen LogP) is 3.96. The number of ketones is 1. The minimum absolute atomic E-state index is 0.00182. The van der Waals surface area contributed by atoms with Gasteiger partial charge in [-0.2, -0.15) is 0 Å². The molecule has 146 valence electrons. The molecule has 1 N–H and O–H groups in total. The third-order valence-corrected chi connectivity index (χ3v) is 5.55. The Balaban J connectivity index is 1.55. The van der Waals surface area contributed by atoms with Gasteiger partial charge in [-0.25, -0.2) is 0 Å². The van der Waals surface area contributed by atoms with Crippen LogP contribution in [-0.2, 0) is 0 Å². The molecule has 0 bridgehead atoms. The van der Waals surface area contributed by atoms with Crippen molar-refractivity contribution in [3.63, 3.8) is 0 Å². The van der Waals surface area contributed by atoms with Crippen LogP contribution in [0.15, 0.2) is 53.9 Å². The molecule has 0 fully saturated rings. The SMILES string of the molecule is CC(=O)c1ccc(OCC(O)CSc2nncn2-c2ccc(C)c(Cl)c2)cc1. The molecule has 1 atom stereocenters. The highest BCUT2D eigenvalue weighted by Gasteiger charge is 2.12. The van der Waals surface area contributed by atoms with Crippen LogP contribution in [0.25, 0.3) is 5.69 Å². The molecule has 0 aliphatic carbocycles. The fourth-order valence-electron chi connectivity index (χ4n) is 2.43. The zero-order chi connectivity index (χ0) is 20.1. The Kier molecular flexibility index (Phi) is 6.72. The van der Waals surface area contributed by atoms with E-state index in [4.69, 9.17) is 16.3 Å². The number of aromatic nitrogens is 3. The van der Waals surface area contributed by atoms with E-state index >= 15 is 0 Å². The van der Waals surface area contributed by atoms with E-state index in [0.29, 0.717) is 27.2 Å². The van der Waals surface area contributed by atoms with Crippen LogP contribution in [0.1, 0.15) is 22.8 Å². The second kappa shape index (κ2) is 9.23. The van der Waals surface area contributed by atoms with E-state index in [1.54, 1.807) is 30.6 Å². The minimum atomic E-state index is -0.691. The summed E-state index contributed by atoms with van der Waals surface area (Å²) in [6, 6.07) is 12.6. The number of carbonyl (C=O) groups excluding carboxylic acids is 1. The quantitative estimate of drug-likeness (QED) is 0.441. The first-order chi connectivity index (χ1) is 13.4. The molecule has 1 unspecified atom stereocenters. The number of ether oxygens (including phenoxy) is 1. The van der Waals surface area contributed by atoms with Crippen LogP contribution < -0.4 is 4.74 Å². The molecule has 0 amide bonds. The first kappa shape index (κ1) is 20.4. The number of hydrogen-bond donors (Lipinski definition) is 1. The maximum Gasteiger partial charge on any atom is 0.195 e. The van der Waals surface area contributed by atoms with E-state index in [0.717, 1.165) is 11.3 Å². The average molecular weight is 418 g/mol. The molecule has 0 saturated carbocycles. The summed E-state index contributed by atoms with van der Waals surface area (Å²) >= 11 is 7.58. The predicted molar refractivity (Wildman–Crippen MR) is 110 cm³/mol. The molecular weight excluding hydrogens is 398 g/mol. The Bertz CT molecular complexity index is 960. The van der Waals surface area contributed by atoms with Crippen LogP contribution in [0.3, 0.4) is 0 Å². The molecular formula is C20H20ClN3O3S. The van der Waals surface area contributed by atoms with Gasteiger partial charge in [0.15, 0.2) is 10.9 Å². The van der Waals surface area contributed by atoms with Crippen molar-refractivity contribution in [1.82, 2.24) is 14.8 Å². The number of aliphatic hydroxyl groups excluding tert-OH is 1. The monoisotopic (exact) mass is 417 g/mol. The van der Waals surface area contributed by atoms with Crippen molar-refractivity contribution >= 4 is 29.1 Å². The summed E-state index contributed by atoms with van der Waals surface area (Å²) in [5.41, 5.74) is 2.48. The van der Waals surface area contributed by atoms with Gasteiger partial charge in [-0.3, -0.25) is 9.36 Å². The maximum atomic E-state index is 11.3. The number of Topliss-reactive ketones (excluding diaryl/α,β-unsaturated/α-hetero) is 1. The van der Waals surface area contributed by atoms with Crippen molar-refractivity contribution in [2.75, 3.05) is 12.4 Å². The number of nitrogens with zero attached hydrogens (tertiary/aromatic N) is 3. The Hall–Kier alpha value is -2.35. The van der Waals surface area contributed by atoms with Gasteiger partial charge >= 0.3 is 0 Å². The molecule has 3 aromatic rings. The smallest absolute Gasteiger partial charge is 0.195 e. The summed E-state index contributed by atoms with van der Waals surface area (Å²) in [4.78, 5) is 11.3.